The zero-order valence-electron chi connectivity index (χ0n) is 37.7. The highest BCUT2D eigenvalue weighted by Gasteiger charge is 2.11. The van der Waals surface area contributed by atoms with Crippen LogP contribution in [0.25, 0.3) is 0 Å². The third-order valence-corrected chi connectivity index (χ3v) is 10.9. The molecule has 0 aromatic heterocycles. The number of sulfone groups is 1. The van der Waals surface area contributed by atoms with Gasteiger partial charge >= 0.3 is 0 Å². The van der Waals surface area contributed by atoms with Crippen LogP contribution in [-0.2, 0) is 9.84 Å². The Labute approximate surface area is 355 Å². The lowest BCUT2D eigenvalue weighted by Crippen LogP contribution is -2.04. The molecule has 1 rings (SSSR count). The molecule has 0 aliphatic heterocycles. The topological polar surface area (TPSA) is 54.4 Å². The number of halogens is 1. The van der Waals surface area contributed by atoms with Crippen molar-refractivity contribution in [3.63, 3.8) is 0 Å². The van der Waals surface area contributed by atoms with Gasteiger partial charge in [-0.25, -0.2) is 8.42 Å². The fourth-order valence-corrected chi connectivity index (χ4v) is 7.10. The molecule has 1 aromatic rings. The van der Waals surface area contributed by atoms with Crippen LogP contribution in [0.3, 0.4) is 0 Å². The molecule has 0 heterocycles. The summed E-state index contributed by atoms with van der Waals surface area (Å²) in [6, 6.07) is 8.64. The van der Waals surface area contributed by atoms with Gasteiger partial charge in [-0.3, -0.25) is 0 Å². The zero-order chi connectivity index (χ0) is 42.8. The summed E-state index contributed by atoms with van der Waals surface area (Å²) in [5, 5.41) is 9.69. The molecule has 0 aliphatic rings. The lowest BCUT2D eigenvalue weighted by atomic mass is 10.1. The molecule has 0 radical (unpaired) electrons. The van der Waals surface area contributed by atoms with Crippen molar-refractivity contribution >= 4 is 25.8 Å². The predicted octanol–water partition coefficient (Wildman–Crippen LogP) is 16.1. The summed E-state index contributed by atoms with van der Waals surface area (Å²) in [6.45, 7) is 25.9. The van der Waals surface area contributed by atoms with Gasteiger partial charge in [-0.1, -0.05) is 139 Å². The Balaban J connectivity index is 0. The first-order valence-corrected chi connectivity index (χ1v) is 23.5. The lowest BCUT2D eigenvalue weighted by Gasteiger charge is -2.03. The van der Waals surface area contributed by atoms with Crippen LogP contribution in [0.1, 0.15) is 160 Å². The Hall–Kier alpha value is -2.73. The minimum atomic E-state index is -3.22. The number of hydrogen-bond acceptors (Lipinski definition) is 3. The molecular weight excluding hydrogens is 773 g/mol. The number of allylic oxidation sites excluding steroid dienone is 16. The van der Waals surface area contributed by atoms with E-state index < -0.39 is 9.84 Å². The molecule has 0 fully saturated rings. The maximum atomic E-state index is 12.2. The van der Waals surface area contributed by atoms with Crippen molar-refractivity contribution in [2.75, 3.05) is 17.7 Å². The van der Waals surface area contributed by atoms with Gasteiger partial charge in [0.25, 0.3) is 0 Å². The SMILES string of the molecule is CC(C)=CCC/C(C)=C/CC/C(C)=C/CBr.CC(C)=CCC/C(C)=C/CC/C(C)=C/CO.CC(C)=CCC/C(C)=C/CC/C(C)=C/CS(=O)(=O)c1ccccc1. The van der Waals surface area contributed by atoms with Gasteiger partial charge in [-0.15, -0.1) is 0 Å². The van der Waals surface area contributed by atoms with Crippen molar-refractivity contribution < 1.29 is 13.5 Å². The van der Waals surface area contributed by atoms with E-state index in [9.17, 15) is 8.42 Å². The number of benzene rings is 1. The first-order chi connectivity index (χ1) is 26.4. The van der Waals surface area contributed by atoms with Crippen LogP contribution < -0.4 is 0 Å². The maximum Gasteiger partial charge on any atom is 0.181 e. The van der Waals surface area contributed by atoms with Crippen molar-refractivity contribution in [1.82, 2.24) is 0 Å². The molecule has 1 aromatic carbocycles. The Morgan fingerprint density at radius 1 is 0.464 bits per heavy atom. The third kappa shape index (κ3) is 36.9. The van der Waals surface area contributed by atoms with Crippen LogP contribution in [0.5, 0.6) is 0 Å². The Bertz CT molecular complexity index is 1520. The molecule has 1 N–H and O–H groups in total. The Morgan fingerprint density at radius 3 is 1.09 bits per heavy atom. The smallest absolute Gasteiger partial charge is 0.181 e. The normalized spacial score (nSPS) is 12.9. The van der Waals surface area contributed by atoms with Gasteiger partial charge in [0.05, 0.1) is 17.3 Å². The van der Waals surface area contributed by atoms with Gasteiger partial charge in [-0.05, 0) is 172 Å². The second-order valence-corrected chi connectivity index (χ2v) is 18.5. The van der Waals surface area contributed by atoms with E-state index in [0.29, 0.717) is 4.90 Å². The summed E-state index contributed by atoms with van der Waals surface area (Å²) in [6.07, 6.45) is 33.0. The van der Waals surface area contributed by atoms with E-state index >= 15 is 0 Å². The van der Waals surface area contributed by atoms with Gasteiger partial charge in [0, 0.05) is 5.33 Å². The van der Waals surface area contributed by atoms with E-state index in [1.54, 1.807) is 24.3 Å². The summed E-state index contributed by atoms with van der Waals surface area (Å²) in [5.74, 6) is 0.0755. The molecule has 0 saturated heterocycles. The molecule has 3 nitrogen and oxygen atoms in total. The molecule has 316 valence electrons. The quantitative estimate of drug-likeness (QED) is 0.0881. The van der Waals surface area contributed by atoms with E-state index in [-0.39, 0.29) is 12.4 Å². The molecule has 0 spiro atoms. The number of hydrogen-bond donors (Lipinski definition) is 1. The molecule has 0 atom stereocenters. The van der Waals surface area contributed by atoms with Crippen LogP contribution in [0, 0.1) is 0 Å². The number of aliphatic hydroxyl groups excluding tert-OH is 1. The summed E-state index contributed by atoms with van der Waals surface area (Å²) in [5.41, 5.74) is 12.4. The Morgan fingerprint density at radius 2 is 0.768 bits per heavy atom. The van der Waals surface area contributed by atoms with E-state index in [2.05, 4.69) is 135 Å². The van der Waals surface area contributed by atoms with Crippen LogP contribution >= 0.6 is 15.9 Å². The molecule has 56 heavy (non-hydrogen) atoms. The molecule has 0 amide bonds. The Kier molecular flexibility index (Phi) is 35.0. The molecule has 0 bridgehead atoms. The van der Waals surface area contributed by atoms with Crippen molar-refractivity contribution in [3.8, 4) is 0 Å². The van der Waals surface area contributed by atoms with Crippen molar-refractivity contribution in [1.29, 1.82) is 0 Å². The molecule has 5 heteroatoms. The average Bonchev–Trinajstić information content (AvgIpc) is 3.11. The van der Waals surface area contributed by atoms with E-state index in [4.69, 9.17) is 5.11 Å². The number of rotatable bonds is 23. The first kappa shape index (κ1) is 55.4. The highest BCUT2D eigenvalue weighted by Crippen LogP contribution is 2.15. The number of aliphatic hydroxyl groups is 1. The summed E-state index contributed by atoms with van der Waals surface area (Å²) in [4.78, 5) is 0.393. The largest absolute Gasteiger partial charge is 0.392 e. The molecule has 0 unspecified atom stereocenters. The van der Waals surface area contributed by atoms with Crippen LogP contribution in [0.15, 0.2) is 140 Å². The van der Waals surface area contributed by atoms with E-state index in [0.717, 1.165) is 62.3 Å². The third-order valence-electron chi connectivity index (χ3n) is 8.99. The van der Waals surface area contributed by atoms with Gasteiger partial charge in [0.2, 0.25) is 0 Å². The van der Waals surface area contributed by atoms with E-state index in [1.807, 2.05) is 25.1 Å². The predicted molar refractivity (Wildman–Crippen MR) is 256 cm³/mol. The second kappa shape index (κ2) is 35.4. The van der Waals surface area contributed by atoms with Crippen molar-refractivity contribution in [3.05, 3.63) is 135 Å². The van der Waals surface area contributed by atoms with Crippen molar-refractivity contribution in [2.45, 2.75) is 165 Å². The zero-order valence-corrected chi connectivity index (χ0v) is 40.1. The minimum Gasteiger partial charge on any atom is -0.392 e. The van der Waals surface area contributed by atoms with Gasteiger partial charge in [0.1, 0.15) is 0 Å². The average molecular weight is 854 g/mol. The summed E-state index contributed by atoms with van der Waals surface area (Å²) < 4.78 is 24.5. The number of alkyl halides is 1. The van der Waals surface area contributed by atoms with Gasteiger partial charge in [-0.2, -0.15) is 0 Å². The van der Waals surface area contributed by atoms with E-state index in [1.165, 1.54) is 70.3 Å². The van der Waals surface area contributed by atoms with Gasteiger partial charge < -0.3 is 5.11 Å². The standard InChI is InChI=1S/C21H30O2S.C15H25Br.C15H26O/c1-18(2)10-8-11-19(3)12-9-13-20(4)16-17-24(22,23)21-14-6-5-7-15-21;2*1-13(2)7-5-8-14(3)9-6-10-15(4)11-12-16/h5-7,10,12,14-16H,8-9,11,13,17H2,1-4H3;7,9,11H,5-6,8,10,12H2,1-4H3;7,9,11,16H,5-6,8,10,12H2,1-4H3/b19-12+,20-16+;2*14-9+,15-11+. The monoisotopic (exact) mass is 853 g/mol. The van der Waals surface area contributed by atoms with Gasteiger partial charge in [0.15, 0.2) is 9.84 Å². The lowest BCUT2D eigenvalue weighted by molar-refractivity contribution is 0.341. The fourth-order valence-electron chi connectivity index (χ4n) is 5.28. The summed E-state index contributed by atoms with van der Waals surface area (Å²) >= 11 is 3.42. The van der Waals surface area contributed by atoms with Crippen LogP contribution in [0.4, 0.5) is 0 Å². The highest BCUT2D eigenvalue weighted by molar-refractivity contribution is 9.09. The maximum absolute atomic E-state index is 12.2. The first-order valence-electron chi connectivity index (χ1n) is 20.7. The molecular formula is C51H81BrO3S. The molecule has 0 saturated carbocycles. The fraction of sp³-hybridized carbons (Fsp3) is 0.529. The highest BCUT2D eigenvalue weighted by atomic mass is 79.9. The van der Waals surface area contributed by atoms with Crippen molar-refractivity contribution in [2.24, 2.45) is 0 Å². The second-order valence-electron chi connectivity index (χ2n) is 15.8. The van der Waals surface area contributed by atoms with Crippen LogP contribution in [0.2, 0.25) is 0 Å². The molecule has 0 aliphatic carbocycles. The minimum absolute atomic E-state index is 0.0755. The van der Waals surface area contributed by atoms with Crippen LogP contribution in [-0.4, -0.2) is 31.2 Å². The summed E-state index contributed by atoms with van der Waals surface area (Å²) in [7, 11) is -3.22.